The smallest absolute Gasteiger partial charge is 0.348 e. The summed E-state index contributed by atoms with van der Waals surface area (Å²) in [5.74, 6) is -0.776. The summed E-state index contributed by atoms with van der Waals surface area (Å²) >= 11 is 0. The number of pyridine rings is 1. The standard InChI is InChI=1S/C24H15NO5/c26-17-9-10-18(27)22(25-12-11-14-5-1-2-6-15(14)13-25)20(17)21-23(28)16-7-3-4-8-19(16)30-24(21)29/h1-13H,(H2-,26,27,28,29)/p+1. The van der Waals surface area contributed by atoms with Crippen molar-refractivity contribution in [1.82, 2.24) is 0 Å². The minimum Gasteiger partial charge on any atom is -0.507 e. The van der Waals surface area contributed by atoms with Crippen molar-refractivity contribution < 1.29 is 24.3 Å². The third-order valence-electron chi connectivity index (χ3n) is 5.12. The molecule has 0 atom stereocenters. The first-order valence-corrected chi connectivity index (χ1v) is 9.25. The molecule has 0 saturated heterocycles. The molecule has 30 heavy (non-hydrogen) atoms. The van der Waals surface area contributed by atoms with Crippen LogP contribution in [0, 0.1) is 0 Å². The van der Waals surface area contributed by atoms with Gasteiger partial charge < -0.3 is 19.7 Å². The number of benzene rings is 3. The molecule has 6 heteroatoms. The minimum atomic E-state index is -0.824. The lowest BCUT2D eigenvalue weighted by molar-refractivity contribution is -0.594. The quantitative estimate of drug-likeness (QED) is 0.237. The van der Waals surface area contributed by atoms with E-state index in [1.165, 1.54) is 12.1 Å². The number of hydrogen-bond acceptors (Lipinski definition) is 5. The first-order chi connectivity index (χ1) is 14.5. The Bertz CT molecular complexity index is 1500. The largest absolute Gasteiger partial charge is 0.507 e. The zero-order valence-electron chi connectivity index (χ0n) is 15.6. The van der Waals surface area contributed by atoms with Crippen LogP contribution in [0.5, 0.6) is 17.2 Å². The highest BCUT2D eigenvalue weighted by Crippen LogP contribution is 2.42. The maximum Gasteiger partial charge on any atom is 0.348 e. The molecular formula is C24H16NO5+. The molecule has 0 aliphatic heterocycles. The summed E-state index contributed by atoms with van der Waals surface area (Å²) in [4.78, 5) is 12.8. The van der Waals surface area contributed by atoms with Crippen LogP contribution in [0.15, 0.2) is 88.3 Å². The Kier molecular flexibility index (Phi) is 3.93. The van der Waals surface area contributed by atoms with Crippen molar-refractivity contribution in [3.63, 3.8) is 0 Å². The summed E-state index contributed by atoms with van der Waals surface area (Å²) < 4.78 is 6.96. The predicted octanol–water partition coefficient (Wildman–Crippen LogP) is 4.01. The Morgan fingerprint density at radius 1 is 0.733 bits per heavy atom. The SMILES string of the molecule is O=c1oc2ccccc2c(O)c1-c1c(O)ccc(O)c1-[n+]1ccc2ccccc2c1. The zero-order valence-corrected chi connectivity index (χ0v) is 15.6. The van der Waals surface area contributed by atoms with E-state index >= 15 is 0 Å². The van der Waals surface area contributed by atoms with Gasteiger partial charge in [-0.2, -0.15) is 4.57 Å². The van der Waals surface area contributed by atoms with Crippen molar-refractivity contribution in [2.75, 3.05) is 0 Å². The van der Waals surface area contributed by atoms with Gasteiger partial charge in [-0.25, -0.2) is 4.79 Å². The Balaban J connectivity index is 1.88. The number of fused-ring (bicyclic) bond motifs is 2. The van der Waals surface area contributed by atoms with Crippen LogP contribution in [0.2, 0.25) is 0 Å². The first kappa shape index (κ1) is 17.8. The van der Waals surface area contributed by atoms with E-state index in [9.17, 15) is 20.1 Å². The highest BCUT2D eigenvalue weighted by molar-refractivity contribution is 5.93. The van der Waals surface area contributed by atoms with Gasteiger partial charge in [-0.3, -0.25) is 0 Å². The van der Waals surface area contributed by atoms with Crippen molar-refractivity contribution in [1.29, 1.82) is 0 Å². The van der Waals surface area contributed by atoms with E-state index in [1.807, 2.05) is 30.3 Å². The molecule has 2 aromatic heterocycles. The van der Waals surface area contributed by atoms with E-state index in [-0.39, 0.29) is 39.6 Å². The fourth-order valence-electron chi connectivity index (χ4n) is 3.70. The fraction of sp³-hybridized carbons (Fsp3) is 0. The van der Waals surface area contributed by atoms with Crippen LogP contribution >= 0.6 is 0 Å². The molecule has 146 valence electrons. The summed E-state index contributed by atoms with van der Waals surface area (Å²) in [7, 11) is 0. The number of nitrogens with zero attached hydrogens (tertiary/aromatic N) is 1. The zero-order chi connectivity index (χ0) is 20.8. The molecule has 5 rings (SSSR count). The molecule has 0 aliphatic carbocycles. The third-order valence-corrected chi connectivity index (χ3v) is 5.12. The van der Waals surface area contributed by atoms with Crippen LogP contribution in [-0.2, 0) is 0 Å². The van der Waals surface area contributed by atoms with Gasteiger partial charge in [-0.05, 0) is 35.7 Å². The normalized spacial score (nSPS) is 11.2. The van der Waals surface area contributed by atoms with Gasteiger partial charge in [-0.1, -0.05) is 30.3 Å². The number of para-hydroxylation sites is 1. The molecule has 3 N–H and O–H groups in total. The van der Waals surface area contributed by atoms with E-state index in [0.717, 1.165) is 10.8 Å². The predicted molar refractivity (Wildman–Crippen MR) is 112 cm³/mol. The number of hydrogen-bond donors (Lipinski definition) is 3. The van der Waals surface area contributed by atoms with Crippen LogP contribution in [0.1, 0.15) is 0 Å². The van der Waals surface area contributed by atoms with Crippen LogP contribution in [0.3, 0.4) is 0 Å². The molecule has 0 spiro atoms. The second-order valence-corrected chi connectivity index (χ2v) is 6.92. The monoisotopic (exact) mass is 398 g/mol. The van der Waals surface area contributed by atoms with E-state index in [0.29, 0.717) is 5.39 Å². The van der Waals surface area contributed by atoms with Crippen molar-refractivity contribution in [3.05, 3.63) is 89.5 Å². The number of rotatable bonds is 2. The van der Waals surface area contributed by atoms with Crippen molar-refractivity contribution in [2.24, 2.45) is 0 Å². The summed E-state index contributed by atoms with van der Waals surface area (Å²) in [6.07, 6.45) is 3.48. The van der Waals surface area contributed by atoms with Crippen LogP contribution in [-0.4, -0.2) is 15.3 Å². The van der Waals surface area contributed by atoms with Gasteiger partial charge in [0.05, 0.1) is 5.39 Å². The molecule has 0 fully saturated rings. The highest BCUT2D eigenvalue weighted by Gasteiger charge is 2.29. The number of aromatic nitrogens is 1. The lowest BCUT2D eigenvalue weighted by atomic mass is 10.00. The summed E-state index contributed by atoms with van der Waals surface area (Å²) in [5.41, 5.74) is -0.693. The number of aromatic hydroxyl groups is 3. The average Bonchev–Trinajstić information content (AvgIpc) is 2.76. The minimum absolute atomic E-state index is 0.0210. The molecule has 0 amide bonds. The molecule has 5 aromatic rings. The Hall–Kier alpha value is -4.32. The van der Waals surface area contributed by atoms with E-state index < -0.39 is 5.63 Å². The van der Waals surface area contributed by atoms with Gasteiger partial charge in [0.1, 0.15) is 28.2 Å². The summed E-state index contributed by atoms with van der Waals surface area (Å²) in [5, 5.41) is 34.4. The molecule has 0 radical (unpaired) electrons. The Morgan fingerprint density at radius 2 is 1.43 bits per heavy atom. The van der Waals surface area contributed by atoms with E-state index in [4.69, 9.17) is 4.42 Å². The molecule has 3 aromatic carbocycles. The van der Waals surface area contributed by atoms with Crippen LogP contribution < -0.4 is 10.2 Å². The molecule has 0 unspecified atom stereocenters. The molecule has 0 saturated carbocycles. The van der Waals surface area contributed by atoms with E-state index in [1.54, 1.807) is 41.2 Å². The van der Waals surface area contributed by atoms with Gasteiger partial charge in [-0.15, -0.1) is 0 Å². The van der Waals surface area contributed by atoms with Gasteiger partial charge >= 0.3 is 5.63 Å². The second-order valence-electron chi connectivity index (χ2n) is 6.92. The van der Waals surface area contributed by atoms with Gasteiger partial charge in [0.2, 0.25) is 0 Å². The third kappa shape index (κ3) is 2.66. The number of phenolic OH excluding ortho intramolecular Hbond substituents is 2. The van der Waals surface area contributed by atoms with Crippen LogP contribution in [0.4, 0.5) is 0 Å². The lowest BCUT2D eigenvalue weighted by Gasteiger charge is -2.11. The number of phenols is 2. The fourth-order valence-corrected chi connectivity index (χ4v) is 3.70. The maximum absolute atomic E-state index is 12.8. The van der Waals surface area contributed by atoms with Crippen molar-refractivity contribution in [2.45, 2.75) is 0 Å². The van der Waals surface area contributed by atoms with Gasteiger partial charge in [0.15, 0.2) is 18.1 Å². The highest BCUT2D eigenvalue weighted by atomic mass is 16.4. The van der Waals surface area contributed by atoms with Crippen molar-refractivity contribution >= 4 is 21.7 Å². The lowest BCUT2D eigenvalue weighted by Crippen LogP contribution is -2.31. The van der Waals surface area contributed by atoms with Crippen LogP contribution in [0.25, 0.3) is 38.6 Å². The molecule has 2 heterocycles. The molecule has 0 aliphatic rings. The second kappa shape index (κ2) is 6.63. The molecular weight excluding hydrogens is 382 g/mol. The summed E-state index contributed by atoms with van der Waals surface area (Å²) in [6.45, 7) is 0. The van der Waals surface area contributed by atoms with Gasteiger partial charge in [0.25, 0.3) is 5.69 Å². The Morgan fingerprint density at radius 3 is 2.27 bits per heavy atom. The maximum atomic E-state index is 12.8. The van der Waals surface area contributed by atoms with Gasteiger partial charge in [0, 0.05) is 11.5 Å². The first-order valence-electron chi connectivity index (χ1n) is 9.25. The van der Waals surface area contributed by atoms with Crippen molar-refractivity contribution in [3.8, 4) is 34.1 Å². The van der Waals surface area contributed by atoms with E-state index in [2.05, 4.69) is 0 Å². The Labute approximate surface area is 170 Å². The topological polar surface area (TPSA) is 94.8 Å². The molecule has 0 bridgehead atoms. The average molecular weight is 398 g/mol. The molecule has 6 nitrogen and oxygen atoms in total. The summed E-state index contributed by atoms with van der Waals surface area (Å²) in [6, 6.07) is 18.7.